The second kappa shape index (κ2) is 14.1. The third kappa shape index (κ3) is 11.9. The van der Waals surface area contributed by atoms with Gasteiger partial charge in [0.1, 0.15) is 6.10 Å². The Balaban J connectivity index is 2.06. The van der Waals surface area contributed by atoms with Crippen LogP contribution >= 0.6 is 0 Å². The van der Waals surface area contributed by atoms with Crippen LogP contribution in [0.5, 0.6) is 0 Å². The van der Waals surface area contributed by atoms with Crippen LogP contribution in [-0.2, 0) is 14.3 Å². The molecule has 1 saturated heterocycles. The Morgan fingerprint density at radius 2 is 1.53 bits per heavy atom. The number of piperidine rings is 1. The number of nitrogens with one attached hydrogen (secondary N) is 2. The van der Waals surface area contributed by atoms with Gasteiger partial charge in [-0.3, -0.25) is 9.59 Å². The van der Waals surface area contributed by atoms with Crippen molar-refractivity contribution >= 4 is 11.9 Å². The molecule has 5 nitrogen and oxygen atoms in total. The Kier molecular flexibility index (Phi) is 12.6. The molecule has 0 radical (unpaired) electrons. The third-order valence-corrected chi connectivity index (χ3v) is 6.27. The number of esters is 1. The van der Waals surface area contributed by atoms with E-state index in [4.69, 9.17) is 4.74 Å². The molecule has 2 atom stereocenters. The Morgan fingerprint density at radius 3 is 2.20 bits per heavy atom. The van der Waals surface area contributed by atoms with Crippen molar-refractivity contribution in [2.45, 2.75) is 142 Å². The molecule has 0 aliphatic carbocycles. The summed E-state index contributed by atoms with van der Waals surface area (Å²) < 4.78 is 5.81. The number of amides is 1. The molecule has 0 bridgehead atoms. The molecule has 30 heavy (non-hydrogen) atoms. The van der Waals surface area contributed by atoms with E-state index >= 15 is 0 Å². The lowest BCUT2D eigenvalue weighted by atomic mass is 9.78. The molecular weight excluding hydrogens is 376 g/mol. The fraction of sp³-hybridized carbons (Fsp3) is 0.920. The van der Waals surface area contributed by atoms with Gasteiger partial charge in [-0.1, -0.05) is 52.4 Å². The molecule has 5 heteroatoms. The minimum Gasteiger partial charge on any atom is -0.462 e. The lowest BCUT2D eigenvalue weighted by Gasteiger charge is -2.47. The SMILES string of the molecule is CCCCCCCC(=O)NCCCCCCC(=O)OC1CC(C)(C)NC(C)(CC)C1. The van der Waals surface area contributed by atoms with E-state index in [1.807, 2.05) is 0 Å². The molecule has 1 aliphatic rings. The number of rotatable bonds is 15. The molecule has 0 aromatic heterocycles. The van der Waals surface area contributed by atoms with Gasteiger partial charge in [-0.15, -0.1) is 0 Å². The fourth-order valence-corrected chi connectivity index (χ4v) is 4.58. The van der Waals surface area contributed by atoms with Gasteiger partial charge in [0.2, 0.25) is 5.91 Å². The summed E-state index contributed by atoms with van der Waals surface area (Å²) in [6.07, 6.45) is 13.7. The maximum absolute atomic E-state index is 12.3. The van der Waals surface area contributed by atoms with Crippen LogP contribution < -0.4 is 10.6 Å². The zero-order valence-corrected chi connectivity index (χ0v) is 20.4. The Morgan fingerprint density at radius 1 is 0.900 bits per heavy atom. The van der Waals surface area contributed by atoms with Crippen molar-refractivity contribution in [2.75, 3.05) is 6.54 Å². The maximum atomic E-state index is 12.3. The Labute approximate surface area is 185 Å². The average Bonchev–Trinajstić information content (AvgIpc) is 2.65. The first-order valence-corrected chi connectivity index (χ1v) is 12.5. The quantitative estimate of drug-likeness (QED) is 0.263. The molecule has 1 rings (SSSR count). The predicted molar refractivity (Wildman–Crippen MR) is 124 cm³/mol. The molecule has 0 saturated carbocycles. The highest BCUT2D eigenvalue weighted by Gasteiger charge is 2.40. The first-order chi connectivity index (χ1) is 14.2. The molecule has 0 aromatic rings. The largest absolute Gasteiger partial charge is 0.462 e. The molecule has 1 heterocycles. The van der Waals surface area contributed by atoms with Crippen LogP contribution in [0.15, 0.2) is 0 Å². The van der Waals surface area contributed by atoms with Crippen LogP contribution in [0.1, 0.15) is 125 Å². The Hall–Kier alpha value is -1.10. The van der Waals surface area contributed by atoms with Crippen LogP contribution in [-0.4, -0.2) is 35.6 Å². The summed E-state index contributed by atoms with van der Waals surface area (Å²) in [6.45, 7) is 11.7. The maximum Gasteiger partial charge on any atom is 0.306 e. The molecule has 176 valence electrons. The fourth-order valence-electron chi connectivity index (χ4n) is 4.58. The van der Waals surface area contributed by atoms with Gasteiger partial charge in [-0.05, 0) is 46.5 Å². The zero-order chi connectivity index (χ0) is 22.5. The van der Waals surface area contributed by atoms with Crippen LogP contribution in [0.3, 0.4) is 0 Å². The van der Waals surface area contributed by atoms with E-state index in [0.29, 0.717) is 12.8 Å². The second-order valence-corrected chi connectivity index (χ2v) is 10.1. The van der Waals surface area contributed by atoms with Gasteiger partial charge in [0.05, 0.1) is 0 Å². The average molecular weight is 425 g/mol. The van der Waals surface area contributed by atoms with E-state index in [-0.39, 0.29) is 29.1 Å². The van der Waals surface area contributed by atoms with E-state index < -0.39 is 0 Å². The van der Waals surface area contributed by atoms with E-state index in [0.717, 1.165) is 64.3 Å². The van der Waals surface area contributed by atoms with Gasteiger partial charge < -0.3 is 15.4 Å². The minimum atomic E-state index is -0.0625. The van der Waals surface area contributed by atoms with E-state index in [9.17, 15) is 9.59 Å². The molecular formula is C25H48N2O3. The van der Waals surface area contributed by atoms with Crippen molar-refractivity contribution in [1.29, 1.82) is 0 Å². The van der Waals surface area contributed by atoms with Gasteiger partial charge in [0.25, 0.3) is 0 Å². The van der Waals surface area contributed by atoms with Gasteiger partial charge in [-0.25, -0.2) is 0 Å². The van der Waals surface area contributed by atoms with Gasteiger partial charge in [0, 0.05) is 43.3 Å². The van der Waals surface area contributed by atoms with Crippen LogP contribution in [0.25, 0.3) is 0 Å². The van der Waals surface area contributed by atoms with Gasteiger partial charge in [-0.2, -0.15) is 0 Å². The van der Waals surface area contributed by atoms with E-state index in [2.05, 4.69) is 45.3 Å². The summed E-state index contributed by atoms with van der Waals surface area (Å²) in [5.41, 5.74) is 0.0283. The van der Waals surface area contributed by atoms with Gasteiger partial charge in [0.15, 0.2) is 0 Å². The highest BCUT2D eigenvalue weighted by molar-refractivity contribution is 5.75. The first-order valence-electron chi connectivity index (χ1n) is 12.5. The molecule has 0 spiro atoms. The number of hydrogen-bond donors (Lipinski definition) is 2. The zero-order valence-electron chi connectivity index (χ0n) is 20.4. The van der Waals surface area contributed by atoms with Crippen LogP contribution in [0.2, 0.25) is 0 Å². The number of hydrogen-bond acceptors (Lipinski definition) is 4. The summed E-state index contributed by atoms with van der Waals surface area (Å²) in [5.74, 6) is 0.117. The molecule has 1 amide bonds. The minimum absolute atomic E-state index is 0.00605. The lowest BCUT2D eigenvalue weighted by molar-refractivity contribution is -0.153. The summed E-state index contributed by atoms with van der Waals surface area (Å²) >= 11 is 0. The molecule has 2 N–H and O–H groups in total. The highest BCUT2D eigenvalue weighted by Crippen LogP contribution is 2.32. The number of carbonyl (C=O) groups is 2. The molecule has 1 aliphatic heterocycles. The topological polar surface area (TPSA) is 67.4 Å². The van der Waals surface area contributed by atoms with Crippen molar-refractivity contribution in [3.05, 3.63) is 0 Å². The lowest BCUT2D eigenvalue weighted by Crippen LogP contribution is -2.60. The third-order valence-electron chi connectivity index (χ3n) is 6.27. The van der Waals surface area contributed by atoms with Crippen molar-refractivity contribution in [3.8, 4) is 0 Å². The van der Waals surface area contributed by atoms with E-state index in [1.54, 1.807) is 0 Å². The van der Waals surface area contributed by atoms with E-state index in [1.165, 1.54) is 19.3 Å². The summed E-state index contributed by atoms with van der Waals surface area (Å²) in [7, 11) is 0. The number of unbranched alkanes of at least 4 members (excludes halogenated alkanes) is 7. The monoisotopic (exact) mass is 424 g/mol. The van der Waals surface area contributed by atoms with Gasteiger partial charge >= 0.3 is 5.97 Å². The summed E-state index contributed by atoms with van der Waals surface area (Å²) in [6, 6.07) is 0. The van der Waals surface area contributed by atoms with Crippen molar-refractivity contribution < 1.29 is 14.3 Å². The van der Waals surface area contributed by atoms with Crippen LogP contribution in [0.4, 0.5) is 0 Å². The summed E-state index contributed by atoms with van der Waals surface area (Å²) in [4.78, 5) is 24.0. The van der Waals surface area contributed by atoms with Crippen LogP contribution in [0, 0.1) is 0 Å². The standard InChI is InChI=1S/C25H48N2O3/c1-6-8-9-10-13-16-22(28)26-18-15-12-11-14-17-23(29)30-21-19-24(3,4)27-25(5,7-2)20-21/h21,27H,6-20H2,1-5H3,(H,26,28). The Bertz CT molecular complexity index is 507. The van der Waals surface area contributed by atoms with Crippen molar-refractivity contribution in [1.82, 2.24) is 10.6 Å². The van der Waals surface area contributed by atoms with Crippen molar-refractivity contribution in [3.63, 3.8) is 0 Å². The predicted octanol–water partition coefficient (Wildman–Crippen LogP) is 5.66. The number of carbonyl (C=O) groups excluding carboxylic acids is 2. The number of ether oxygens (including phenoxy) is 1. The highest BCUT2D eigenvalue weighted by atomic mass is 16.5. The normalized spacial score (nSPS) is 23.2. The smallest absolute Gasteiger partial charge is 0.306 e. The van der Waals surface area contributed by atoms with Crippen molar-refractivity contribution in [2.24, 2.45) is 0 Å². The molecule has 2 unspecified atom stereocenters. The summed E-state index contributed by atoms with van der Waals surface area (Å²) in [5, 5.41) is 6.71. The second-order valence-electron chi connectivity index (χ2n) is 10.1. The molecule has 1 fully saturated rings. The first kappa shape index (κ1) is 26.9. The molecule has 0 aromatic carbocycles.